The fourth-order valence-corrected chi connectivity index (χ4v) is 3.13. The van der Waals surface area contributed by atoms with Crippen molar-refractivity contribution in [3.63, 3.8) is 0 Å². The second kappa shape index (κ2) is 4.62. The SMILES string of the molecule is O=c1ccn(C2OC3COP(=O)([O-])OC3C2O)c(=O)[nH]1. The van der Waals surface area contributed by atoms with Crippen LogP contribution in [0.3, 0.4) is 0 Å². The Bertz CT molecular complexity index is 683. The molecule has 20 heavy (non-hydrogen) atoms. The summed E-state index contributed by atoms with van der Waals surface area (Å²) < 4.78 is 26.6. The highest BCUT2D eigenvalue weighted by atomic mass is 31.2. The van der Waals surface area contributed by atoms with Crippen molar-refractivity contribution in [1.82, 2.24) is 9.55 Å². The highest BCUT2D eigenvalue weighted by Gasteiger charge is 2.50. The molecule has 2 aliphatic rings. The third-order valence-corrected chi connectivity index (χ3v) is 4.05. The van der Waals surface area contributed by atoms with E-state index in [9.17, 15) is 24.2 Å². The van der Waals surface area contributed by atoms with Gasteiger partial charge in [-0.25, -0.2) is 4.79 Å². The summed E-state index contributed by atoms with van der Waals surface area (Å²) in [6.45, 7) is -0.308. The monoisotopic (exact) mass is 305 g/mol. The van der Waals surface area contributed by atoms with E-state index in [-0.39, 0.29) is 6.61 Å². The van der Waals surface area contributed by atoms with E-state index in [1.807, 2.05) is 4.98 Å². The van der Waals surface area contributed by atoms with Gasteiger partial charge in [0.15, 0.2) is 6.23 Å². The molecule has 11 heteroatoms. The van der Waals surface area contributed by atoms with Gasteiger partial charge in [-0.05, 0) is 0 Å². The summed E-state index contributed by atoms with van der Waals surface area (Å²) in [6, 6.07) is 1.08. The number of aliphatic hydroxyl groups excluding tert-OH is 1. The summed E-state index contributed by atoms with van der Waals surface area (Å²) in [6.07, 6.45) is -3.41. The van der Waals surface area contributed by atoms with Crippen LogP contribution in [0.5, 0.6) is 0 Å². The highest BCUT2D eigenvalue weighted by Crippen LogP contribution is 2.49. The van der Waals surface area contributed by atoms with Crippen LogP contribution in [0.15, 0.2) is 21.9 Å². The first-order valence-corrected chi connectivity index (χ1v) is 7.12. The van der Waals surface area contributed by atoms with E-state index in [4.69, 9.17) is 4.74 Å². The molecule has 3 rings (SSSR count). The fourth-order valence-electron chi connectivity index (χ4n) is 2.19. The van der Waals surface area contributed by atoms with Gasteiger partial charge in [0.1, 0.15) is 18.3 Å². The third-order valence-electron chi connectivity index (χ3n) is 3.08. The molecule has 0 bridgehead atoms. The number of H-pyrrole nitrogens is 1. The molecule has 2 N–H and O–H groups in total. The molecule has 0 aromatic carbocycles. The molecule has 2 saturated heterocycles. The Kier molecular flexibility index (Phi) is 3.16. The van der Waals surface area contributed by atoms with Gasteiger partial charge in [0.05, 0.1) is 6.61 Å². The number of ether oxygens (including phenoxy) is 1. The van der Waals surface area contributed by atoms with Crippen molar-refractivity contribution in [1.29, 1.82) is 0 Å². The lowest BCUT2D eigenvalue weighted by Crippen LogP contribution is -2.41. The predicted octanol–water partition coefficient (Wildman–Crippen LogP) is -2.32. The molecule has 1 aromatic rings. The van der Waals surface area contributed by atoms with E-state index in [0.717, 1.165) is 16.8 Å². The second-order valence-corrected chi connectivity index (χ2v) is 5.75. The first-order valence-electron chi connectivity index (χ1n) is 5.66. The van der Waals surface area contributed by atoms with E-state index in [2.05, 4.69) is 9.05 Å². The Labute approximate surface area is 111 Å². The van der Waals surface area contributed by atoms with Crippen molar-refractivity contribution < 1.29 is 28.3 Å². The van der Waals surface area contributed by atoms with E-state index >= 15 is 0 Å². The Hall–Kier alpha value is -1.29. The van der Waals surface area contributed by atoms with Crippen molar-refractivity contribution in [3.05, 3.63) is 33.1 Å². The van der Waals surface area contributed by atoms with Crippen molar-refractivity contribution in [2.24, 2.45) is 0 Å². The van der Waals surface area contributed by atoms with Crippen LogP contribution in [0.25, 0.3) is 0 Å². The number of aromatic nitrogens is 2. The van der Waals surface area contributed by atoms with Gasteiger partial charge < -0.3 is 23.8 Å². The van der Waals surface area contributed by atoms with Crippen LogP contribution >= 0.6 is 7.82 Å². The van der Waals surface area contributed by atoms with E-state index in [1.54, 1.807) is 0 Å². The smallest absolute Gasteiger partial charge is 0.330 e. The summed E-state index contributed by atoms with van der Waals surface area (Å²) in [4.78, 5) is 35.8. The van der Waals surface area contributed by atoms with Crippen LogP contribution in [0.1, 0.15) is 6.23 Å². The van der Waals surface area contributed by atoms with E-state index < -0.39 is 43.6 Å². The van der Waals surface area contributed by atoms with Gasteiger partial charge in [0.2, 0.25) is 0 Å². The van der Waals surface area contributed by atoms with Gasteiger partial charge in [0, 0.05) is 12.3 Å². The zero-order valence-corrected chi connectivity index (χ0v) is 10.8. The molecule has 0 radical (unpaired) electrons. The molecular formula is C9H10N2O8P-. The van der Waals surface area contributed by atoms with Crippen molar-refractivity contribution >= 4 is 7.82 Å². The quantitative estimate of drug-likeness (QED) is 0.550. The lowest BCUT2D eigenvalue weighted by Gasteiger charge is -2.34. The number of phosphoric acid groups is 1. The third kappa shape index (κ3) is 2.26. The lowest BCUT2D eigenvalue weighted by molar-refractivity contribution is -0.245. The minimum Gasteiger partial charge on any atom is -0.756 e. The predicted molar refractivity (Wildman–Crippen MR) is 59.7 cm³/mol. The maximum atomic E-state index is 11.6. The summed E-state index contributed by atoms with van der Waals surface area (Å²) >= 11 is 0. The number of aromatic amines is 1. The summed E-state index contributed by atoms with van der Waals surface area (Å²) in [5, 5.41) is 10.0. The Morgan fingerprint density at radius 3 is 2.95 bits per heavy atom. The highest BCUT2D eigenvalue weighted by molar-refractivity contribution is 7.45. The molecule has 110 valence electrons. The first kappa shape index (κ1) is 13.7. The van der Waals surface area contributed by atoms with Gasteiger partial charge in [-0.2, -0.15) is 0 Å². The van der Waals surface area contributed by atoms with Gasteiger partial charge in [0.25, 0.3) is 13.4 Å². The standard InChI is InChI=1S/C9H11N2O8P/c12-5-1-2-11(9(14)10-5)8-6(13)7-4(18-8)3-17-20(15,16)19-7/h1-2,4,6-8,13H,3H2,(H,15,16)(H,10,12,14)/p-1. The molecular weight excluding hydrogens is 295 g/mol. The van der Waals surface area contributed by atoms with Gasteiger partial charge in [-0.15, -0.1) is 0 Å². The maximum Gasteiger partial charge on any atom is 0.330 e. The largest absolute Gasteiger partial charge is 0.756 e. The number of hydrogen-bond acceptors (Lipinski definition) is 8. The number of aliphatic hydroxyl groups is 1. The van der Waals surface area contributed by atoms with Crippen LogP contribution in [-0.2, 0) is 18.3 Å². The molecule has 2 aliphatic heterocycles. The number of rotatable bonds is 1. The molecule has 0 amide bonds. The molecule has 0 saturated carbocycles. The Morgan fingerprint density at radius 1 is 1.50 bits per heavy atom. The summed E-state index contributed by atoms with van der Waals surface area (Å²) in [5.41, 5.74) is -1.38. The van der Waals surface area contributed by atoms with Crippen LogP contribution in [0, 0.1) is 0 Å². The molecule has 2 fully saturated rings. The average Bonchev–Trinajstić information content (AvgIpc) is 2.66. The fraction of sp³-hybridized carbons (Fsp3) is 0.556. The number of nitrogens with zero attached hydrogens (tertiary/aromatic N) is 1. The number of hydrogen-bond donors (Lipinski definition) is 2. The molecule has 0 spiro atoms. The molecule has 3 heterocycles. The maximum absolute atomic E-state index is 11.6. The molecule has 5 atom stereocenters. The summed E-state index contributed by atoms with van der Waals surface area (Å²) in [7, 11) is -4.47. The number of phosphoric ester groups is 1. The van der Waals surface area contributed by atoms with Crippen molar-refractivity contribution in [3.8, 4) is 0 Å². The minimum absolute atomic E-state index is 0.308. The minimum atomic E-state index is -4.47. The molecule has 5 unspecified atom stereocenters. The number of fused-ring (bicyclic) bond motifs is 1. The van der Waals surface area contributed by atoms with E-state index in [0.29, 0.717) is 0 Å². The summed E-state index contributed by atoms with van der Waals surface area (Å²) in [5.74, 6) is 0. The Balaban J connectivity index is 1.92. The lowest BCUT2D eigenvalue weighted by atomic mass is 10.1. The zero-order valence-electron chi connectivity index (χ0n) is 9.87. The number of nitrogens with one attached hydrogen (secondary N) is 1. The molecule has 0 aliphatic carbocycles. The van der Waals surface area contributed by atoms with Gasteiger partial charge in [-0.1, -0.05) is 0 Å². The second-order valence-electron chi connectivity index (χ2n) is 4.39. The first-order chi connectivity index (χ1) is 9.37. The van der Waals surface area contributed by atoms with Crippen molar-refractivity contribution in [2.45, 2.75) is 24.5 Å². The van der Waals surface area contributed by atoms with Gasteiger partial charge >= 0.3 is 5.69 Å². The van der Waals surface area contributed by atoms with Crippen LogP contribution in [0.2, 0.25) is 0 Å². The molecule has 10 nitrogen and oxygen atoms in total. The topological polar surface area (TPSA) is 143 Å². The molecule has 1 aromatic heterocycles. The van der Waals surface area contributed by atoms with Crippen LogP contribution in [-0.4, -0.2) is 39.6 Å². The van der Waals surface area contributed by atoms with Crippen molar-refractivity contribution in [2.75, 3.05) is 6.61 Å². The zero-order chi connectivity index (χ0) is 14.5. The van der Waals surface area contributed by atoms with Crippen LogP contribution < -0.4 is 16.1 Å². The van der Waals surface area contributed by atoms with Gasteiger partial charge in [-0.3, -0.25) is 18.9 Å². The average molecular weight is 305 g/mol. The van der Waals surface area contributed by atoms with Crippen LogP contribution in [0.4, 0.5) is 0 Å². The van der Waals surface area contributed by atoms with E-state index in [1.165, 1.54) is 0 Å². The normalized spacial score (nSPS) is 40.5. The Morgan fingerprint density at radius 2 is 2.25 bits per heavy atom.